The molecular weight excluding hydrogens is 327 g/mol. The summed E-state index contributed by atoms with van der Waals surface area (Å²) < 4.78 is 0. The van der Waals surface area contributed by atoms with E-state index >= 15 is 0 Å². The van der Waals surface area contributed by atoms with E-state index in [0.717, 1.165) is 0 Å². The molecular formula is C15H18Cl2N2O3. The molecule has 7 heteroatoms. The van der Waals surface area contributed by atoms with Crippen LogP contribution in [0.2, 0.25) is 10.0 Å². The van der Waals surface area contributed by atoms with Gasteiger partial charge < -0.3 is 15.1 Å². The van der Waals surface area contributed by atoms with Crippen LogP contribution in [0.4, 0.5) is 5.69 Å². The zero-order valence-corrected chi connectivity index (χ0v) is 13.5. The second kappa shape index (κ2) is 6.34. The molecule has 1 aromatic carbocycles. The fraction of sp³-hybridized carbons (Fsp3) is 0.533. The lowest BCUT2D eigenvalue weighted by Gasteiger charge is -2.28. The van der Waals surface area contributed by atoms with E-state index in [-0.39, 0.29) is 24.6 Å². The van der Waals surface area contributed by atoms with Crippen LogP contribution in [-0.2, 0) is 4.79 Å². The molecule has 5 nitrogen and oxygen atoms in total. The van der Waals surface area contributed by atoms with E-state index in [2.05, 4.69) is 0 Å². The van der Waals surface area contributed by atoms with Gasteiger partial charge in [0.15, 0.2) is 0 Å². The number of halogens is 2. The van der Waals surface area contributed by atoms with Crippen LogP contribution in [0.25, 0.3) is 0 Å². The molecule has 0 unspecified atom stereocenters. The van der Waals surface area contributed by atoms with E-state index in [4.69, 9.17) is 23.2 Å². The second-order valence-corrected chi connectivity index (χ2v) is 6.66. The Bertz CT molecular complexity index is 584. The Morgan fingerprint density at radius 2 is 2.09 bits per heavy atom. The topological polar surface area (TPSA) is 64.0 Å². The number of aliphatic hydroxyl groups excluding tert-OH is 2. The highest BCUT2D eigenvalue weighted by atomic mass is 35.5. The lowest BCUT2D eigenvalue weighted by atomic mass is 10.1. The number of hydrogen-bond acceptors (Lipinski definition) is 4. The van der Waals surface area contributed by atoms with Gasteiger partial charge in [-0.1, -0.05) is 23.2 Å². The minimum Gasteiger partial charge on any atom is -0.395 e. The van der Waals surface area contributed by atoms with E-state index in [1.54, 1.807) is 23.1 Å². The quantitative estimate of drug-likeness (QED) is 0.872. The van der Waals surface area contributed by atoms with Crippen molar-refractivity contribution in [3.63, 3.8) is 0 Å². The van der Waals surface area contributed by atoms with Gasteiger partial charge in [0.25, 0.3) is 0 Å². The third kappa shape index (κ3) is 2.84. The molecule has 0 bridgehead atoms. The Labute approximate surface area is 139 Å². The van der Waals surface area contributed by atoms with Crippen LogP contribution in [0.5, 0.6) is 0 Å². The smallest absolute Gasteiger partial charge is 0.244 e. The van der Waals surface area contributed by atoms with Crippen molar-refractivity contribution in [2.24, 2.45) is 0 Å². The number of rotatable bonds is 3. The first-order valence-corrected chi connectivity index (χ1v) is 8.08. The molecule has 1 aromatic rings. The Kier molecular flexibility index (Phi) is 4.61. The van der Waals surface area contributed by atoms with Gasteiger partial charge in [-0.3, -0.25) is 9.69 Å². The van der Waals surface area contributed by atoms with E-state index in [1.807, 2.05) is 4.90 Å². The number of β-amino-alcohol motifs (C(OH)–C–C–N with tert-alkyl or cyclic N) is 1. The van der Waals surface area contributed by atoms with E-state index in [1.165, 1.54) is 0 Å². The number of carbonyl (C=O) groups is 1. The molecule has 0 radical (unpaired) electrons. The predicted molar refractivity (Wildman–Crippen MR) is 85.4 cm³/mol. The van der Waals surface area contributed by atoms with Crippen molar-refractivity contribution < 1.29 is 15.0 Å². The largest absolute Gasteiger partial charge is 0.395 e. The molecule has 0 saturated carbocycles. The highest BCUT2D eigenvalue weighted by Gasteiger charge is 2.43. The Hall–Kier alpha value is -0.850. The van der Waals surface area contributed by atoms with Crippen LogP contribution in [0.15, 0.2) is 18.2 Å². The summed E-state index contributed by atoms with van der Waals surface area (Å²) >= 11 is 12.1. The molecule has 2 heterocycles. The lowest BCUT2D eigenvalue weighted by molar-refractivity contribution is -0.122. The number of anilines is 1. The van der Waals surface area contributed by atoms with Crippen LogP contribution in [-0.4, -0.2) is 58.9 Å². The number of benzene rings is 1. The van der Waals surface area contributed by atoms with Gasteiger partial charge in [0, 0.05) is 24.2 Å². The van der Waals surface area contributed by atoms with Crippen LogP contribution >= 0.6 is 23.2 Å². The molecule has 3 rings (SSSR count). The Balaban J connectivity index is 1.80. The molecule has 22 heavy (non-hydrogen) atoms. The highest BCUT2D eigenvalue weighted by molar-refractivity contribution is 6.36. The summed E-state index contributed by atoms with van der Waals surface area (Å²) in [5, 5.41) is 20.2. The van der Waals surface area contributed by atoms with Gasteiger partial charge in [-0.2, -0.15) is 0 Å². The summed E-state index contributed by atoms with van der Waals surface area (Å²) in [6.45, 7) is 0.933. The summed E-state index contributed by atoms with van der Waals surface area (Å²) in [5.74, 6) is -0.0447. The number of likely N-dealkylation sites (tertiary alicyclic amines) is 1. The molecule has 2 N–H and O–H groups in total. The maximum atomic E-state index is 12.7. The Morgan fingerprint density at radius 1 is 1.32 bits per heavy atom. The minimum atomic E-state index is -0.488. The lowest BCUT2D eigenvalue weighted by Crippen LogP contribution is -2.46. The standard InChI is InChI=1S/C15H18Cl2N2O3/c16-9-1-2-13(12(17)5-9)18-4-3-14(15(18)22)19-7-11(21)6-10(19)8-20/h1-2,5,10-11,14,20-21H,3-4,6-8H2/t10-,11+,14-/m1/s1. The molecule has 0 aromatic heterocycles. The van der Waals surface area contributed by atoms with Gasteiger partial charge in [0.2, 0.25) is 5.91 Å². The molecule has 2 aliphatic heterocycles. The van der Waals surface area contributed by atoms with Gasteiger partial charge in [-0.25, -0.2) is 0 Å². The fourth-order valence-electron chi connectivity index (χ4n) is 3.39. The molecule has 1 amide bonds. The van der Waals surface area contributed by atoms with Crippen molar-refractivity contribution in [1.29, 1.82) is 0 Å². The van der Waals surface area contributed by atoms with Crippen molar-refractivity contribution in [2.45, 2.75) is 31.0 Å². The average Bonchev–Trinajstić information content (AvgIpc) is 3.02. The normalized spacial score (nSPS) is 29.5. The minimum absolute atomic E-state index is 0.0447. The van der Waals surface area contributed by atoms with Crippen LogP contribution in [0.1, 0.15) is 12.8 Å². The number of carbonyl (C=O) groups excluding carboxylic acids is 1. The number of hydrogen-bond donors (Lipinski definition) is 2. The molecule has 120 valence electrons. The van der Waals surface area contributed by atoms with Crippen molar-refractivity contribution in [1.82, 2.24) is 4.90 Å². The average molecular weight is 345 g/mol. The third-order valence-corrected chi connectivity index (χ3v) is 4.96. The highest BCUT2D eigenvalue weighted by Crippen LogP contribution is 2.34. The summed E-state index contributed by atoms with van der Waals surface area (Å²) in [5.41, 5.74) is 0.652. The van der Waals surface area contributed by atoms with Gasteiger partial charge in [0.05, 0.1) is 29.5 Å². The SMILES string of the molecule is O=C1[C@H](N2C[C@@H](O)C[C@@H]2CO)CCN1c1ccc(Cl)cc1Cl. The molecule has 2 aliphatic rings. The van der Waals surface area contributed by atoms with Gasteiger partial charge in [-0.15, -0.1) is 0 Å². The summed E-state index contributed by atoms with van der Waals surface area (Å²) in [6, 6.07) is 4.59. The Morgan fingerprint density at radius 3 is 2.77 bits per heavy atom. The van der Waals surface area contributed by atoms with Crippen LogP contribution in [0.3, 0.4) is 0 Å². The second-order valence-electron chi connectivity index (χ2n) is 5.81. The summed E-state index contributed by atoms with van der Waals surface area (Å²) in [4.78, 5) is 16.3. The van der Waals surface area contributed by atoms with E-state index in [9.17, 15) is 15.0 Å². The van der Waals surface area contributed by atoms with E-state index < -0.39 is 6.10 Å². The van der Waals surface area contributed by atoms with Gasteiger partial charge in [0.1, 0.15) is 0 Å². The van der Waals surface area contributed by atoms with Crippen molar-refractivity contribution >= 4 is 34.8 Å². The number of aliphatic hydroxyl groups is 2. The van der Waals surface area contributed by atoms with Crippen LogP contribution in [0, 0.1) is 0 Å². The first-order chi connectivity index (χ1) is 10.5. The monoisotopic (exact) mass is 344 g/mol. The summed E-state index contributed by atoms with van der Waals surface area (Å²) in [7, 11) is 0. The third-order valence-electron chi connectivity index (χ3n) is 4.42. The molecule has 2 saturated heterocycles. The van der Waals surface area contributed by atoms with Crippen LogP contribution < -0.4 is 4.90 Å². The van der Waals surface area contributed by atoms with E-state index in [0.29, 0.717) is 41.7 Å². The van der Waals surface area contributed by atoms with Crippen molar-refractivity contribution in [2.75, 3.05) is 24.6 Å². The predicted octanol–water partition coefficient (Wildman–Crippen LogP) is 1.53. The first kappa shape index (κ1) is 16.0. The number of nitrogens with zero attached hydrogens (tertiary/aromatic N) is 2. The zero-order chi connectivity index (χ0) is 15.9. The van der Waals surface area contributed by atoms with Crippen molar-refractivity contribution in [3.05, 3.63) is 28.2 Å². The van der Waals surface area contributed by atoms with Crippen molar-refractivity contribution in [3.8, 4) is 0 Å². The molecule has 0 spiro atoms. The zero-order valence-electron chi connectivity index (χ0n) is 12.0. The number of amides is 1. The first-order valence-electron chi connectivity index (χ1n) is 7.32. The maximum absolute atomic E-state index is 12.7. The van der Waals surface area contributed by atoms with Gasteiger partial charge >= 0.3 is 0 Å². The summed E-state index contributed by atoms with van der Waals surface area (Å²) in [6.07, 6.45) is 0.668. The van der Waals surface area contributed by atoms with Gasteiger partial charge in [-0.05, 0) is 31.0 Å². The molecule has 3 atom stereocenters. The fourth-order valence-corrected chi connectivity index (χ4v) is 3.90. The molecule has 2 fully saturated rings. The maximum Gasteiger partial charge on any atom is 0.244 e. The molecule has 0 aliphatic carbocycles.